The normalized spacial score (nSPS) is 11.9. The van der Waals surface area contributed by atoms with Crippen LogP contribution in [-0.4, -0.2) is 12.2 Å². The average Bonchev–Trinajstić information content (AvgIpc) is 2.47. The molecule has 0 saturated heterocycles. The summed E-state index contributed by atoms with van der Waals surface area (Å²) >= 11 is 0. The second-order valence-electron chi connectivity index (χ2n) is 4.41. The number of benzene rings is 2. The van der Waals surface area contributed by atoms with E-state index in [0.29, 0.717) is 23.3 Å². The molecule has 20 heavy (non-hydrogen) atoms. The van der Waals surface area contributed by atoms with Gasteiger partial charge in [0, 0.05) is 7.11 Å². The van der Waals surface area contributed by atoms with Crippen LogP contribution in [0.2, 0.25) is 0 Å². The minimum atomic E-state index is -0.881. The first kappa shape index (κ1) is 14.2. The summed E-state index contributed by atoms with van der Waals surface area (Å²) in [5, 5.41) is 19.3. The van der Waals surface area contributed by atoms with Crippen LogP contribution in [0.25, 0.3) is 0 Å². The van der Waals surface area contributed by atoms with Gasteiger partial charge in [0.2, 0.25) is 0 Å². The third-order valence-corrected chi connectivity index (χ3v) is 3.05. The van der Waals surface area contributed by atoms with E-state index >= 15 is 0 Å². The molecule has 0 bridgehead atoms. The first-order valence-corrected chi connectivity index (χ1v) is 6.11. The zero-order valence-corrected chi connectivity index (χ0v) is 11.0. The quantitative estimate of drug-likeness (QED) is 0.930. The molecule has 1 atom stereocenters. The first-order valence-electron chi connectivity index (χ1n) is 6.11. The fourth-order valence-corrected chi connectivity index (χ4v) is 2.05. The third kappa shape index (κ3) is 3.02. The van der Waals surface area contributed by atoms with E-state index in [1.807, 2.05) is 0 Å². The zero-order valence-electron chi connectivity index (χ0n) is 11.0. The highest BCUT2D eigenvalue weighted by atomic mass is 19.1. The lowest BCUT2D eigenvalue weighted by molar-refractivity contribution is 0.176. The van der Waals surface area contributed by atoms with E-state index in [9.17, 15) is 9.50 Å². The van der Waals surface area contributed by atoms with Crippen LogP contribution in [0.3, 0.4) is 0 Å². The highest BCUT2D eigenvalue weighted by molar-refractivity contribution is 5.42. The molecule has 2 aromatic carbocycles. The Hall–Kier alpha value is -2.22. The second-order valence-corrected chi connectivity index (χ2v) is 4.41. The van der Waals surface area contributed by atoms with Crippen molar-refractivity contribution in [3.05, 3.63) is 70.5 Å². The molecule has 2 aromatic rings. The summed E-state index contributed by atoms with van der Waals surface area (Å²) in [5.41, 5.74) is 2.49. The Bertz CT molecular complexity index is 632. The van der Waals surface area contributed by atoms with Crippen molar-refractivity contribution in [3.63, 3.8) is 0 Å². The predicted octanol–water partition coefficient (Wildman–Crippen LogP) is 2.93. The van der Waals surface area contributed by atoms with Crippen molar-refractivity contribution >= 4 is 0 Å². The Morgan fingerprint density at radius 1 is 1.25 bits per heavy atom. The van der Waals surface area contributed by atoms with Gasteiger partial charge >= 0.3 is 0 Å². The molecule has 0 amide bonds. The molecule has 0 fully saturated rings. The minimum Gasteiger partial charge on any atom is -0.384 e. The number of halogens is 1. The topological polar surface area (TPSA) is 53.2 Å². The van der Waals surface area contributed by atoms with E-state index in [4.69, 9.17) is 10.00 Å². The van der Waals surface area contributed by atoms with Gasteiger partial charge in [0.1, 0.15) is 11.9 Å². The van der Waals surface area contributed by atoms with Gasteiger partial charge in [0.05, 0.1) is 18.2 Å². The molecule has 0 radical (unpaired) electrons. The van der Waals surface area contributed by atoms with Gasteiger partial charge < -0.3 is 9.84 Å². The van der Waals surface area contributed by atoms with Crippen LogP contribution in [0.15, 0.2) is 42.5 Å². The standard InChI is InChI=1S/C16H14FNO2/c1-20-10-13-8-11(9-18)2-7-15(13)16(19)12-3-5-14(17)6-4-12/h2-8,16,19H,10H2,1H3. The van der Waals surface area contributed by atoms with Crippen LogP contribution in [0.4, 0.5) is 4.39 Å². The number of nitriles is 1. The molecule has 102 valence electrons. The van der Waals surface area contributed by atoms with Crippen LogP contribution < -0.4 is 0 Å². The highest BCUT2D eigenvalue weighted by Crippen LogP contribution is 2.26. The number of methoxy groups -OCH3 is 1. The number of ether oxygens (including phenoxy) is 1. The number of aliphatic hydroxyl groups is 1. The summed E-state index contributed by atoms with van der Waals surface area (Å²) in [6, 6.07) is 12.8. The Balaban J connectivity index is 2.40. The van der Waals surface area contributed by atoms with Gasteiger partial charge in [0.25, 0.3) is 0 Å². The third-order valence-electron chi connectivity index (χ3n) is 3.05. The van der Waals surface area contributed by atoms with Crippen molar-refractivity contribution in [2.24, 2.45) is 0 Å². The minimum absolute atomic E-state index is 0.295. The van der Waals surface area contributed by atoms with Gasteiger partial charge in [-0.15, -0.1) is 0 Å². The van der Waals surface area contributed by atoms with Crippen LogP contribution >= 0.6 is 0 Å². The van der Waals surface area contributed by atoms with Crippen molar-refractivity contribution in [2.75, 3.05) is 7.11 Å². The molecule has 2 rings (SSSR count). The van der Waals surface area contributed by atoms with E-state index in [-0.39, 0.29) is 5.82 Å². The Morgan fingerprint density at radius 3 is 2.55 bits per heavy atom. The summed E-state index contributed by atoms with van der Waals surface area (Å²) in [6.07, 6.45) is -0.881. The molecule has 1 unspecified atom stereocenters. The van der Waals surface area contributed by atoms with Crippen LogP contribution in [-0.2, 0) is 11.3 Å². The van der Waals surface area contributed by atoms with Crippen LogP contribution in [0.1, 0.15) is 28.4 Å². The second kappa shape index (κ2) is 6.29. The molecule has 0 aromatic heterocycles. The Kier molecular flexibility index (Phi) is 4.46. The van der Waals surface area contributed by atoms with Gasteiger partial charge in [-0.05, 0) is 41.0 Å². The Labute approximate surface area is 116 Å². The summed E-state index contributed by atoms with van der Waals surface area (Å²) in [7, 11) is 1.55. The average molecular weight is 271 g/mol. The lowest BCUT2D eigenvalue weighted by Crippen LogP contribution is -2.05. The van der Waals surface area contributed by atoms with E-state index < -0.39 is 6.10 Å². The van der Waals surface area contributed by atoms with Crippen molar-refractivity contribution in [3.8, 4) is 6.07 Å². The Morgan fingerprint density at radius 2 is 1.95 bits per heavy atom. The molecule has 0 aliphatic heterocycles. The number of nitrogens with zero attached hydrogens (tertiary/aromatic N) is 1. The largest absolute Gasteiger partial charge is 0.384 e. The van der Waals surface area contributed by atoms with Gasteiger partial charge in [-0.1, -0.05) is 18.2 Å². The van der Waals surface area contributed by atoms with E-state index in [2.05, 4.69) is 6.07 Å². The van der Waals surface area contributed by atoms with Crippen LogP contribution in [0.5, 0.6) is 0 Å². The number of hydrogen-bond donors (Lipinski definition) is 1. The van der Waals surface area contributed by atoms with E-state index in [0.717, 1.165) is 5.56 Å². The summed E-state index contributed by atoms with van der Waals surface area (Å²) in [6.45, 7) is 0.295. The summed E-state index contributed by atoms with van der Waals surface area (Å²) in [4.78, 5) is 0. The zero-order chi connectivity index (χ0) is 14.5. The lowest BCUT2D eigenvalue weighted by atomic mass is 9.95. The molecule has 0 spiro atoms. The lowest BCUT2D eigenvalue weighted by Gasteiger charge is -2.16. The summed E-state index contributed by atoms with van der Waals surface area (Å²) < 4.78 is 18.0. The molecule has 0 saturated carbocycles. The molecule has 4 heteroatoms. The fraction of sp³-hybridized carbons (Fsp3) is 0.188. The number of aliphatic hydroxyl groups excluding tert-OH is 1. The van der Waals surface area contributed by atoms with Crippen molar-refractivity contribution in [2.45, 2.75) is 12.7 Å². The van der Waals surface area contributed by atoms with Crippen molar-refractivity contribution in [1.82, 2.24) is 0 Å². The predicted molar refractivity (Wildman–Crippen MR) is 72.3 cm³/mol. The van der Waals surface area contributed by atoms with Gasteiger partial charge in [-0.25, -0.2) is 4.39 Å². The van der Waals surface area contributed by atoms with Crippen LogP contribution in [0, 0.1) is 17.1 Å². The van der Waals surface area contributed by atoms with Gasteiger partial charge in [0.15, 0.2) is 0 Å². The van der Waals surface area contributed by atoms with E-state index in [1.54, 1.807) is 25.3 Å². The molecule has 1 N–H and O–H groups in total. The molecule has 3 nitrogen and oxygen atoms in total. The molecule has 0 heterocycles. The molecule has 0 aliphatic carbocycles. The monoisotopic (exact) mass is 271 g/mol. The number of rotatable bonds is 4. The van der Waals surface area contributed by atoms with E-state index in [1.165, 1.54) is 24.3 Å². The van der Waals surface area contributed by atoms with Crippen molar-refractivity contribution in [1.29, 1.82) is 5.26 Å². The molecular weight excluding hydrogens is 257 g/mol. The maximum Gasteiger partial charge on any atom is 0.123 e. The number of hydrogen-bond acceptors (Lipinski definition) is 3. The molecule has 0 aliphatic rings. The highest BCUT2D eigenvalue weighted by Gasteiger charge is 2.15. The van der Waals surface area contributed by atoms with Gasteiger partial charge in [-0.3, -0.25) is 0 Å². The SMILES string of the molecule is COCc1cc(C#N)ccc1C(O)c1ccc(F)cc1. The molecular formula is C16H14FNO2. The summed E-state index contributed by atoms with van der Waals surface area (Å²) in [5.74, 6) is -0.349. The maximum absolute atomic E-state index is 12.9. The van der Waals surface area contributed by atoms with Crippen molar-refractivity contribution < 1.29 is 14.2 Å². The smallest absolute Gasteiger partial charge is 0.123 e. The van der Waals surface area contributed by atoms with Gasteiger partial charge in [-0.2, -0.15) is 5.26 Å². The maximum atomic E-state index is 12.9. The first-order chi connectivity index (χ1) is 9.65. The fourth-order valence-electron chi connectivity index (χ4n) is 2.05.